The van der Waals surface area contributed by atoms with Crippen LogP contribution in [0.3, 0.4) is 0 Å². The van der Waals surface area contributed by atoms with Gasteiger partial charge in [-0.2, -0.15) is 0 Å². The van der Waals surface area contributed by atoms with Crippen LogP contribution in [-0.2, 0) is 48.0 Å². The molecule has 0 bridgehead atoms. The van der Waals surface area contributed by atoms with Gasteiger partial charge in [-0.25, -0.2) is 14.4 Å². The standard InChI is InChI=1S/C45H40O6/c1-4-43(46)49-24-9-10-32-15-19-35(20-16-32)37-11-7-13-39(28-37)41-26-34(23-25-50-44(47)5-2)27-42(30-41)40-14-8-12-38(29-40)36-21-17-33(18-22-36)31-51-45(48)6-3/h4-8,11-22,26-30H,1-3,9-10,23-25,31H2. The quantitative estimate of drug-likeness (QED) is 0.0448. The molecule has 0 amide bonds. The van der Waals surface area contributed by atoms with E-state index in [4.69, 9.17) is 14.2 Å². The monoisotopic (exact) mass is 676 g/mol. The van der Waals surface area contributed by atoms with Gasteiger partial charge in [0.05, 0.1) is 13.2 Å². The highest BCUT2D eigenvalue weighted by atomic mass is 16.5. The van der Waals surface area contributed by atoms with Gasteiger partial charge in [0.25, 0.3) is 0 Å². The molecule has 0 N–H and O–H groups in total. The number of hydrogen-bond donors (Lipinski definition) is 0. The first-order valence-electron chi connectivity index (χ1n) is 16.8. The summed E-state index contributed by atoms with van der Waals surface area (Å²) >= 11 is 0. The van der Waals surface area contributed by atoms with Crippen molar-refractivity contribution in [1.29, 1.82) is 0 Å². The lowest BCUT2D eigenvalue weighted by molar-refractivity contribution is -0.139. The highest BCUT2D eigenvalue weighted by Crippen LogP contribution is 2.33. The molecule has 0 saturated carbocycles. The van der Waals surface area contributed by atoms with Crippen LogP contribution < -0.4 is 0 Å². The molecule has 6 nitrogen and oxygen atoms in total. The zero-order valence-electron chi connectivity index (χ0n) is 28.5. The summed E-state index contributed by atoms with van der Waals surface area (Å²) in [5, 5.41) is 0. The predicted molar refractivity (Wildman–Crippen MR) is 203 cm³/mol. The lowest BCUT2D eigenvalue weighted by Gasteiger charge is -2.13. The van der Waals surface area contributed by atoms with E-state index in [1.54, 1.807) is 0 Å². The topological polar surface area (TPSA) is 78.9 Å². The molecule has 0 radical (unpaired) electrons. The van der Waals surface area contributed by atoms with E-state index in [9.17, 15) is 14.4 Å². The van der Waals surface area contributed by atoms with Crippen LogP contribution in [0.5, 0.6) is 0 Å². The van der Waals surface area contributed by atoms with Crippen LogP contribution in [0.4, 0.5) is 0 Å². The number of ether oxygens (including phenoxy) is 3. The minimum absolute atomic E-state index is 0.186. The predicted octanol–water partition coefficient (Wildman–Crippen LogP) is 9.52. The third-order valence-electron chi connectivity index (χ3n) is 8.33. The van der Waals surface area contributed by atoms with Gasteiger partial charge in [-0.05, 0) is 92.2 Å². The molecule has 5 aromatic carbocycles. The average molecular weight is 677 g/mol. The van der Waals surface area contributed by atoms with Crippen molar-refractivity contribution in [3.05, 3.63) is 170 Å². The van der Waals surface area contributed by atoms with E-state index in [-0.39, 0.29) is 13.2 Å². The van der Waals surface area contributed by atoms with E-state index in [1.165, 1.54) is 17.7 Å². The Hall–Kier alpha value is -6.27. The highest BCUT2D eigenvalue weighted by Gasteiger charge is 2.10. The number of hydrogen-bond acceptors (Lipinski definition) is 6. The number of carbonyl (C=O) groups is 3. The normalized spacial score (nSPS) is 10.5. The van der Waals surface area contributed by atoms with Crippen LogP contribution in [0.15, 0.2) is 153 Å². The molecule has 0 saturated heterocycles. The fourth-order valence-corrected chi connectivity index (χ4v) is 5.63. The molecule has 51 heavy (non-hydrogen) atoms. The number of esters is 3. The SMILES string of the molecule is C=CC(=O)OCCCc1ccc(-c2cccc(-c3cc(CCOC(=O)C=C)cc(-c4cccc(-c5ccc(COC(=O)C=C)cc5)c4)c3)c2)cc1. The molecule has 0 heterocycles. The molecule has 0 aliphatic rings. The lowest BCUT2D eigenvalue weighted by Crippen LogP contribution is -2.04. The molecule has 0 aliphatic heterocycles. The number of aryl methyl sites for hydroxylation is 1. The average Bonchev–Trinajstić information content (AvgIpc) is 3.18. The van der Waals surface area contributed by atoms with E-state index in [0.29, 0.717) is 13.0 Å². The molecule has 0 spiro atoms. The Bertz CT molecular complexity index is 2020. The van der Waals surface area contributed by atoms with Gasteiger partial charge < -0.3 is 14.2 Å². The minimum Gasteiger partial charge on any atom is -0.463 e. The fourth-order valence-electron chi connectivity index (χ4n) is 5.63. The van der Waals surface area contributed by atoms with Gasteiger partial charge in [-0.1, -0.05) is 117 Å². The number of benzene rings is 5. The summed E-state index contributed by atoms with van der Waals surface area (Å²) in [5.74, 6) is -1.30. The first kappa shape index (κ1) is 36.0. The van der Waals surface area contributed by atoms with E-state index in [1.807, 2.05) is 30.3 Å². The van der Waals surface area contributed by atoms with Crippen LogP contribution in [0.2, 0.25) is 0 Å². The van der Waals surface area contributed by atoms with Crippen molar-refractivity contribution in [2.24, 2.45) is 0 Å². The maximum absolute atomic E-state index is 11.8. The Kier molecular flexibility index (Phi) is 12.7. The molecule has 5 aromatic rings. The smallest absolute Gasteiger partial charge is 0.330 e. The summed E-state index contributed by atoms with van der Waals surface area (Å²) in [6.07, 6.45) is 5.60. The van der Waals surface area contributed by atoms with E-state index < -0.39 is 17.9 Å². The summed E-state index contributed by atoms with van der Waals surface area (Å²) in [6.45, 7) is 11.1. The van der Waals surface area contributed by atoms with Crippen LogP contribution >= 0.6 is 0 Å². The maximum atomic E-state index is 11.8. The first-order valence-corrected chi connectivity index (χ1v) is 16.8. The van der Waals surface area contributed by atoms with Gasteiger partial charge in [0, 0.05) is 24.6 Å². The second-order valence-corrected chi connectivity index (χ2v) is 11.9. The fraction of sp³-hybridized carbons (Fsp3) is 0.133. The van der Waals surface area contributed by atoms with E-state index in [0.717, 1.165) is 74.6 Å². The second-order valence-electron chi connectivity index (χ2n) is 11.9. The van der Waals surface area contributed by atoms with Crippen molar-refractivity contribution in [2.45, 2.75) is 25.9 Å². The Morgan fingerprint density at radius 2 is 0.863 bits per heavy atom. The van der Waals surface area contributed by atoms with Crippen molar-refractivity contribution in [3.8, 4) is 44.5 Å². The van der Waals surface area contributed by atoms with Crippen molar-refractivity contribution in [3.63, 3.8) is 0 Å². The number of carbonyl (C=O) groups excluding carboxylic acids is 3. The molecule has 5 rings (SSSR count). The second kappa shape index (κ2) is 17.9. The Balaban J connectivity index is 1.40. The summed E-state index contributed by atoms with van der Waals surface area (Å²) in [4.78, 5) is 34.5. The zero-order chi connectivity index (χ0) is 36.0. The molecule has 0 aliphatic carbocycles. The van der Waals surface area contributed by atoms with E-state index >= 15 is 0 Å². The third kappa shape index (κ3) is 10.4. The molecule has 0 fully saturated rings. The molecule has 0 atom stereocenters. The van der Waals surface area contributed by atoms with Gasteiger partial charge in [0.2, 0.25) is 0 Å². The summed E-state index contributed by atoms with van der Waals surface area (Å²) in [5.41, 5.74) is 11.6. The van der Waals surface area contributed by atoms with Crippen LogP contribution in [-0.4, -0.2) is 31.1 Å². The Labute approximate surface area is 299 Å². The molecule has 0 aromatic heterocycles. The van der Waals surface area contributed by atoms with Gasteiger partial charge >= 0.3 is 17.9 Å². The Morgan fingerprint density at radius 3 is 1.37 bits per heavy atom. The van der Waals surface area contributed by atoms with Crippen LogP contribution in [0.25, 0.3) is 44.5 Å². The number of rotatable bonds is 16. The summed E-state index contributed by atoms with van der Waals surface area (Å²) in [7, 11) is 0. The first-order chi connectivity index (χ1) is 24.8. The largest absolute Gasteiger partial charge is 0.463 e. The maximum Gasteiger partial charge on any atom is 0.330 e. The molecular weight excluding hydrogens is 636 g/mol. The van der Waals surface area contributed by atoms with Crippen molar-refractivity contribution in [2.75, 3.05) is 13.2 Å². The Morgan fingerprint density at radius 1 is 0.431 bits per heavy atom. The summed E-state index contributed by atoms with van der Waals surface area (Å²) in [6, 6.07) is 39.7. The highest BCUT2D eigenvalue weighted by molar-refractivity contribution is 5.82. The summed E-state index contributed by atoms with van der Waals surface area (Å²) < 4.78 is 15.6. The van der Waals surface area contributed by atoms with Gasteiger partial charge in [-0.15, -0.1) is 0 Å². The third-order valence-corrected chi connectivity index (χ3v) is 8.33. The molecule has 256 valence electrons. The lowest BCUT2D eigenvalue weighted by atomic mass is 9.92. The molecular formula is C45H40O6. The zero-order valence-corrected chi connectivity index (χ0v) is 28.5. The van der Waals surface area contributed by atoms with E-state index in [2.05, 4.69) is 105 Å². The van der Waals surface area contributed by atoms with Crippen molar-refractivity contribution in [1.82, 2.24) is 0 Å². The molecule has 0 unspecified atom stereocenters. The van der Waals surface area contributed by atoms with Gasteiger partial charge in [-0.3, -0.25) is 0 Å². The van der Waals surface area contributed by atoms with Gasteiger partial charge in [0.15, 0.2) is 0 Å². The van der Waals surface area contributed by atoms with Crippen LogP contribution in [0, 0.1) is 0 Å². The van der Waals surface area contributed by atoms with Gasteiger partial charge in [0.1, 0.15) is 6.61 Å². The van der Waals surface area contributed by atoms with Crippen LogP contribution in [0.1, 0.15) is 23.1 Å². The van der Waals surface area contributed by atoms with Crippen molar-refractivity contribution < 1.29 is 28.6 Å². The minimum atomic E-state index is -0.452. The van der Waals surface area contributed by atoms with Crippen molar-refractivity contribution >= 4 is 17.9 Å². The molecule has 6 heteroatoms.